The fourth-order valence-corrected chi connectivity index (χ4v) is 1.70. The molecule has 0 spiro atoms. The number of halogens is 2. The number of hydrogen-bond donors (Lipinski definition) is 1. The van der Waals surface area contributed by atoms with E-state index in [2.05, 4.69) is 4.98 Å². The van der Waals surface area contributed by atoms with Crippen LogP contribution >= 0.6 is 11.6 Å². The van der Waals surface area contributed by atoms with Gasteiger partial charge in [-0.3, -0.25) is 0 Å². The molecule has 0 fully saturated rings. The summed E-state index contributed by atoms with van der Waals surface area (Å²) in [6.45, 7) is 1.57. The zero-order valence-electron chi connectivity index (χ0n) is 8.29. The summed E-state index contributed by atoms with van der Waals surface area (Å²) in [4.78, 5) is 14.7. The highest BCUT2D eigenvalue weighted by atomic mass is 35.5. The summed E-state index contributed by atoms with van der Waals surface area (Å²) >= 11 is 5.71. The lowest BCUT2D eigenvalue weighted by Crippen LogP contribution is -2.00. The van der Waals surface area contributed by atoms with E-state index in [1.165, 1.54) is 18.2 Å². The minimum atomic E-state index is -1.15. The number of carboxylic acid groups (broad SMARTS) is 1. The van der Waals surface area contributed by atoms with Gasteiger partial charge in [-0.15, -0.1) is 0 Å². The van der Waals surface area contributed by atoms with E-state index in [1.807, 2.05) is 0 Å². The van der Waals surface area contributed by atoms with Crippen LogP contribution in [0.25, 0.3) is 10.9 Å². The van der Waals surface area contributed by atoms with Gasteiger partial charge < -0.3 is 5.11 Å². The van der Waals surface area contributed by atoms with Crippen molar-refractivity contribution < 1.29 is 14.3 Å². The van der Waals surface area contributed by atoms with Crippen molar-refractivity contribution in [2.45, 2.75) is 6.92 Å². The molecule has 0 aliphatic heterocycles. The molecule has 1 aromatic carbocycles. The number of rotatable bonds is 1. The van der Waals surface area contributed by atoms with E-state index in [0.29, 0.717) is 16.5 Å². The quantitative estimate of drug-likeness (QED) is 0.778. The lowest BCUT2D eigenvalue weighted by Gasteiger charge is -2.05. The van der Waals surface area contributed by atoms with Crippen LogP contribution in [0.2, 0.25) is 5.15 Å². The van der Waals surface area contributed by atoms with Crippen molar-refractivity contribution in [2.75, 3.05) is 0 Å². The summed E-state index contributed by atoms with van der Waals surface area (Å²) in [6.07, 6.45) is 0. The number of carboxylic acids is 1. The molecule has 3 nitrogen and oxygen atoms in total. The standard InChI is InChI=1S/C11H7ClFNO2/c1-5-8(13)3-2-6-4-7(11(15)16)10(12)14-9(5)6/h2-4H,1H3,(H,15,16). The molecule has 2 aromatic rings. The second kappa shape index (κ2) is 3.72. The van der Waals surface area contributed by atoms with E-state index in [9.17, 15) is 9.18 Å². The highest BCUT2D eigenvalue weighted by molar-refractivity contribution is 6.32. The van der Waals surface area contributed by atoms with E-state index < -0.39 is 5.97 Å². The number of benzene rings is 1. The Labute approximate surface area is 95.5 Å². The van der Waals surface area contributed by atoms with Crippen molar-refractivity contribution in [3.8, 4) is 0 Å². The molecule has 0 bridgehead atoms. The van der Waals surface area contributed by atoms with Crippen molar-refractivity contribution in [1.29, 1.82) is 0 Å². The van der Waals surface area contributed by atoms with E-state index in [0.717, 1.165) is 0 Å². The van der Waals surface area contributed by atoms with Crippen LogP contribution in [0.5, 0.6) is 0 Å². The Bertz CT molecular complexity index is 598. The van der Waals surface area contributed by atoms with Crippen molar-refractivity contribution >= 4 is 28.5 Å². The molecule has 1 N–H and O–H groups in total. The van der Waals surface area contributed by atoms with Crippen LogP contribution in [0, 0.1) is 12.7 Å². The molecule has 0 aliphatic carbocycles. The van der Waals surface area contributed by atoms with E-state index in [4.69, 9.17) is 16.7 Å². The minimum absolute atomic E-state index is 0.0832. The third-order valence-electron chi connectivity index (χ3n) is 2.36. The molecule has 0 unspecified atom stereocenters. The summed E-state index contributed by atoms with van der Waals surface area (Å²) < 4.78 is 13.2. The van der Waals surface area contributed by atoms with Crippen molar-refractivity contribution in [3.63, 3.8) is 0 Å². The first-order valence-electron chi connectivity index (χ1n) is 4.49. The van der Waals surface area contributed by atoms with Crippen LogP contribution in [0.3, 0.4) is 0 Å². The number of hydrogen-bond acceptors (Lipinski definition) is 2. The number of fused-ring (bicyclic) bond motifs is 1. The van der Waals surface area contributed by atoms with E-state index >= 15 is 0 Å². The number of pyridine rings is 1. The van der Waals surface area contributed by atoms with Gasteiger partial charge in [0.1, 0.15) is 11.0 Å². The molecule has 16 heavy (non-hydrogen) atoms. The Kier molecular flexibility index (Phi) is 2.52. The van der Waals surface area contributed by atoms with Gasteiger partial charge in [0.15, 0.2) is 0 Å². The minimum Gasteiger partial charge on any atom is -0.478 e. The highest BCUT2D eigenvalue weighted by Gasteiger charge is 2.13. The van der Waals surface area contributed by atoms with Crippen LogP contribution < -0.4 is 0 Å². The second-order valence-corrected chi connectivity index (χ2v) is 3.73. The molecule has 0 amide bonds. The lowest BCUT2D eigenvalue weighted by molar-refractivity contribution is 0.0697. The zero-order chi connectivity index (χ0) is 11.9. The van der Waals surface area contributed by atoms with Gasteiger partial charge in [-0.1, -0.05) is 11.6 Å². The summed E-state index contributed by atoms with van der Waals surface area (Å²) in [5.74, 6) is -1.54. The first-order chi connectivity index (χ1) is 7.50. The predicted molar refractivity (Wildman–Crippen MR) is 58.4 cm³/mol. The number of carbonyl (C=O) groups is 1. The summed E-state index contributed by atoms with van der Waals surface area (Å²) in [5, 5.41) is 9.28. The lowest BCUT2D eigenvalue weighted by atomic mass is 10.1. The Morgan fingerprint density at radius 1 is 1.50 bits per heavy atom. The monoisotopic (exact) mass is 239 g/mol. The van der Waals surface area contributed by atoms with Crippen molar-refractivity contribution in [3.05, 3.63) is 40.3 Å². The van der Waals surface area contributed by atoms with Crippen LogP contribution in [0.15, 0.2) is 18.2 Å². The Morgan fingerprint density at radius 2 is 2.19 bits per heavy atom. The maximum atomic E-state index is 13.2. The Morgan fingerprint density at radius 3 is 2.81 bits per heavy atom. The largest absolute Gasteiger partial charge is 0.478 e. The van der Waals surface area contributed by atoms with Gasteiger partial charge in [-0.2, -0.15) is 0 Å². The molecule has 0 saturated carbocycles. The molecule has 0 atom stereocenters. The van der Waals surface area contributed by atoms with Crippen molar-refractivity contribution in [2.24, 2.45) is 0 Å². The highest BCUT2D eigenvalue weighted by Crippen LogP contribution is 2.24. The maximum absolute atomic E-state index is 13.2. The second-order valence-electron chi connectivity index (χ2n) is 3.38. The topological polar surface area (TPSA) is 50.2 Å². The predicted octanol–water partition coefficient (Wildman–Crippen LogP) is 3.03. The molecule has 0 radical (unpaired) electrons. The van der Waals surface area contributed by atoms with Crippen molar-refractivity contribution in [1.82, 2.24) is 4.98 Å². The Balaban J connectivity index is 2.84. The van der Waals surface area contributed by atoms with Gasteiger partial charge >= 0.3 is 5.97 Å². The van der Waals surface area contributed by atoms with Crippen LogP contribution in [-0.2, 0) is 0 Å². The smallest absolute Gasteiger partial charge is 0.338 e. The van der Waals surface area contributed by atoms with Gasteiger partial charge in [0.2, 0.25) is 0 Å². The Hall–Kier alpha value is -1.68. The average Bonchev–Trinajstić information content (AvgIpc) is 2.23. The fourth-order valence-electron chi connectivity index (χ4n) is 1.48. The molecule has 1 aromatic heterocycles. The zero-order valence-corrected chi connectivity index (χ0v) is 9.05. The number of aromatic carboxylic acids is 1. The maximum Gasteiger partial charge on any atom is 0.338 e. The SMILES string of the molecule is Cc1c(F)ccc2cc(C(=O)O)c(Cl)nc12. The third kappa shape index (κ3) is 1.61. The molecule has 82 valence electrons. The molecule has 5 heteroatoms. The van der Waals surface area contributed by atoms with Gasteiger partial charge in [0.25, 0.3) is 0 Å². The molecule has 0 aliphatic rings. The number of aryl methyl sites for hydroxylation is 1. The fraction of sp³-hybridized carbons (Fsp3) is 0.0909. The average molecular weight is 240 g/mol. The van der Waals surface area contributed by atoms with Gasteiger partial charge in [0.05, 0.1) is 11.1 Å². The number of nitrogens with zero attached hydrogens (tertiary/aromatic N) is 1. The molecule has 0 saturated heterocycles. The van der Waals surface area contributed by atoms with E-state index in [-0.39, 0.29) is 16.5 Å². The molecular weight excluding hydrogens is 233 g/mol. The van der Waals surface area contributed by atoms with E-state index in [1.54, 1.807) is 6.92 Å². The summed E-state index contributed by atoms with van der Waals surface area (Å²) in [6, 6.07) is 4.14. The van der Waals surface area contributed by atoms with Crippen LogP contribution in [0.4, 0.5) is 4.39 Å². The van der Waals surface area contributed by atoms with Crippen LogP contribution in [0.1, 0.15) is 15.9 Å². The third-order valence-corrected chi connectivity index (χ3v) is 2.65. The summed E-state index contributed by atoms with van der Waals surface area (Å²) in [7, 11) is 0. The van der Waals surface area contributed by atoms with Crippen LogP contribution in [-0.4, -0.2) is 16.1 Å². The first kappa shape index (κ1) is 10.8. The molecule has 1 heterocycles. The summed E-state index contributed by atoms with van der Waals surface area (Å²) in [5.41, 5.74) is 0.659. The number of aromatic nitrogens is 1. The molecular formula is C11H7ClFNO2. The first-order valence-corrected chi connectivity index (χ1v) is 4.87. The normalized spacial score (nSPS) is 10.7. The van der Waals surface area contributed by atoms with Gasteiger partial charge in [-0.25, -0.2) is 14.2 Å². The van der Waals surface area contributed by atoms with Gasteiger partial charge in [-0.05, 0) is 25.1 Å². The van der Waals surface area contributed by atoms with Gasteiger partial charge in [0, 0.05) is 10.9 Å². The molecule has 2 rings (SSSR count).